The maximum absolute atomic E-state index is 13.0. The van der Waals surface area contributed by atoms with Crippen molar-refractivity contribution < 1.29 is 4.79 Å². The number of fused-ring (bicyclic) bond motifs is 1. The highest BCUT2D eigenvalue weighted by atomic mass is 32.1. The Bertz CT molecular complexity index is 1720. The van der Waals surface area contributed by atoms with E-state index in [2.05, 4.69) is 87.5 Å². The van der Waals surface area contributed by atoms with E-state index in [1.807, 2.05) is 55.6 Å². The first kappa shape index (κ1) is 26.7. The standard InChI is InChI=1S/C34H33N5OS/c1-22-14-16-26(17-15-22)36-31(40)18-20-38-33(32(37-34(38)41)29-12-6-7-19-35-29)28-21-23(2)39(24(28)3)30-13-8-10-25-9-4-5-11-27(25)30/h4-17,19,21,32-33H,18,20H2,1-3H3,(H,36,40)(H,37,41)/t32-,33-/m1/s1. The fourth-order valence-electron chi connectivity index (χ4n) is 5.93. The molecule has 0 saturated carbocycles. The second kappa shape index (κ2) is 11.2. The van der Waals surface area contributed by atoms with Crippen molar-refractivity contribution in [2.45, 2.75) is 39.3 Å². The van der Waals surface area contributed by atoms with Gasteiger partial charge in [0, 0.05) is 41.6 Å². The Hall–Kier alpha value is -4.49. The SMILES string of the molecule is Cc1ccc(NC(=O)CCN2C(=S)N[C@H](c3ccccn3)[C@H]2c2cc(C)n(-c3cccc4ccccc34)c2C)cc1. The number of nitrogens with zero attached hydrogens (tertiary/aromatic N) is 3. The summed E-state index contributed by atoms with van der Waals surface area (Å²) in [6.45, 7) is 6.83. The van der Waals surface area contributed by atoms with E-state index in [-0.39, 0.29) is 18.0 Å². The number of benzene rings is 3. The summed E-state index contributed by atoms with van der Waals surface area (Å²) in [6, 6.07) is 30.7. The lowest BCUT2D eigenvalue weighted by atomic mass is 9.96. The summed E-state index contributed by atoms with van der Waals surface area (Å²) in [4.78, 5) is 19.8. The van der Waals surface area contributed by atoms with Gasteiger partial charge in [-0.05, 0) is 80.3 Å². The third kappa shape index (κ3) is 5.21. The zero-order valence-corrected chi connectivity index (χ0v) is 24.3. The molecule has 3 heterocycles. The Balaban J connectivity index is 1.36. The van der Waals surface area contributed by atoms with Gasteiger partial charge in [-0.15, -0.1) is 0 Å². The van der Waals surface area contributed by atoms with E-state index in [1.54, 1.807) is 0 Å². The molecule has 6 rings (SSSR count). The third-order valence-electron chi connectivity index (χ3n) is 7.91. The smallest absolute Gasteiger partial charge is 0.226 e. The lowest BCUT2D eigenvalue weighted by Gasteiger charge is -2.28. The zero-order chi connectivity index (χ0) is 28.5. The molecule has 0 radical (unpaired) electrons. The normalized spacial score (nSPS) is 16.7. The molecule has 2 N–H and O–H groups in total. The first-order valence-electron chi connectivity index (χ1n) is 13.9. The fraction of sp³-hybridized carbons (Fsp3) is 0.206. The van der Waals surface area contributed by atoms with Crippen LogP contribution in [0.4, 0.5) is 5.69 Å². The minimum atomic E-state index is -0.148. The number of hydrogen-bond acceptors (Lipinski definition) is 3. The largest absolute Gasteiger partial charge is 0.352 e. The van der Waals surface area contributed by atoms with Crippen LogP contribution in [-0.4, -0.2) is 32.0 Å². The molecule has 1 aliphatic heterocycles. The van der Waals surface area contributed by atoms with Crippen LogP contribution in [0.25, 0.3) is 16.5 Å². The van der Waals surface area contributed by atoms with Gasteiger partial charge in [-0.1, -0.05) is 60.2 Å². The van der Waals surface area contributed by atoms with Gasteiger partial charge in [0.1, 0.15) is 0 Å². The van der Waals surface area contributed by atoms with Gasteiger partial charge < -0.3 is 20.1 Å². The van der Waals surface area contributed by atoms with Crippen LogP contribution in [0.15, 0.2) is 97.2 Å². The van der Waals surface area contributed by atoms with Crippen LogP contribution < -0.4 is 10.6 Å². The van der Waals surface area contributed by atoms with Crippen LogP contribution in [-0.2, 0) is 4.79 Å². The molecule has 0 aliphatic carbocycles. The second-order valence-electron chi connectivity index (χ2n) is 10.6. The first-order valence-corrected chi connectivity index (χ1v) is 14.3. The molecule has 6 nitrogen and oxygen atoms in total. The molecule has 41 heavy (non-hydrogen) atoms. The van der Waals surface area contributed by atoms with Crippen LogP contribution in [0.2, 0.25) is 0 Å². The summed E-state index contributed by atoms with van der Waals surface area (Å²) in [5, 5.41) is 9.59. The van der Waals surface area contributed by atoms with E-state index in [4.69, 9.17) is 12.2 Å². The molecule has 0 bridgehead atoms. The second-order valence-corrected chi connectivity index (χ2v) is 11.0. The zero-order valence-electron chi connectivity index (χ0n) is 23.5. The van der Waals surface area contributed by atoms with Crippen molar-refractivity contribution in [1.29, 1.82) is 0 Å². The highest BCUT2D eigenvalue weighted by molar-refractivity contribution is 7.80. The van der Waals surface area contributed by atoms with Gasteiger partial charge in [0.2, 0.25) is 5.91 Å². The summed E-state index contributed by atoms with van der Waals surface area (Å²) in [5.41, 5.74) is 7.47. The third-order valence-corrected chi connectivity index (χ3v) is 8.26. The van der Waals surface area contributed by atoms with Crippen molar-refractivity contribution in [1.82, 2.24) is 19.8 Å². The van der Waals surface area contributed by atoms with Gasteiger partial charge in [-0.2, -0.15) is 0 Å². The highest BCUT2D eigenvalue weighted by Gasteiger charge is 2.41. The number of rotatable bonds is 7. The summed E-state index contributed by atoms with van der Waals surface area (Å²) < 4.78 is 2.33. The predicted molar refractivity (Wildman–Crippen MR) is 169 cm³/mol. The number of carbonyl (C=O) groups is 1. The van der Waals surface area contributed by atoms with Gasteiger partial charge in [0.15, 0.2) is 5.11 Å². The number of anilines is 1. The van der Waals surface area contributed by atoms with Gasteiger partial charge in [0.05, 0.1) is 23.5 Å². The van der Waals surface area contributed by atoms with Crippen molar-refractivity contribution in [2.24, 2.45) is 0 Å². The Morgan fingerprint density at radius 2 is 1.71 bits per heavy atom. The number of aromatic nitrogens is 2. The van der Waals surface area contributed by atoms with Crippen LogP contribution in [0.3, 0.4) is 0 Å². The molecule has 1 amide bonds. The lowest BCUT2D eigenvalue weighted by Crippen LogP contribution is -2.32. The number of carbonyl (C=O) groups excluding carboxylic acids is 1. The number of pyridine rings is 1. The maximum Gasteiger partial charge on any atom is 0.226 e. The van der Waals surface area contributed by atoms with Crippen molar-refractivity contribution in [3.63, 3.8) is 0 Å². The number of nitrogens with one attached hydrogen (secondary N) is 2. The number of hydrogen-bond donors (Lipinski definition) is 2. The molecule has 5 aromatic rings. The Morgan fingerprint density at radius 3 is 2.49 bits per heavy atom. The quantitative estimate of drug-likeness (QED) is 0.211. The summed E-state index contributed by atoms with van der Waals surface area (Å²) in [5.74, 6) is -0.0436. The average Bonchev–Trinajstić information content (AvgIpc) is 3.47. The maximum atomic E-state index is 13.0. The van der Waals surface area contributed by atoms with E-state index in [1.165, 1.54) is 10.8 Å². The Kier molecular flexibility index (Phi) is 7.28. The van der Waals surface area contributed by atoms with E-state index in [0.29, 0.717) is 18.1 Å². The average molecular weight is 560 g/mol. The molecule has 7 heteroatoms. The Labute approximate surface area is 246 Å². The highest BCUT2D eigenvalue weighted by Crippen LogP contribution is 2.42. The molecule has 1 fully saturated rings. The van der Waals surface area contributed by atoms with Crippen LogP contribution in [0.1, 0.15) is 46.7 Å². The molecule has 1 saturated heterocycles. The van der Waals surface area contributed by atoms with E-state index < -0.39 is 0 Å². The molecular formula is C34H33N5OS. The van der Waals surface area contributed by atoms with Gasteiger partial charge in [-0.25, -0.2) is 0 Å². The molecule has 0 spiro atoms. The summed E-state index contributed by atoms with van der Waals surface area (Å²) >= 11 is 5.88. The van der Waals surface area contributed by atoms with E-state index in [9.17, 15) is 4.79 Å². The molecule has 1 aliphatic rings. The number of thiocarbonyl (C=S) groups is 1. The number of aryl methyl sites for hydroxylation is 2. The topological polar surface area (TPSA) is 62.2 Å². The van der Waals surface area contributed by atoms with Crippen molar-refractivity contribution >= 4 is 39.7 Å². The fourth-order valence-corrected chi connectivity index (χ4v) is 6.26. The summed E-state index contributed by atoms with van der Waals surface area (Å²) in [7, 11) is 0. The van der Waals surface area contributed by atoms with Gasteiger partial charge in [0.25, 0.3) is 0 Å². The monoisotopic (exact) mass is 559 g/mol. The molecule has 3 aromatic carbocycles. The summed E-state index contributed by atoms with van der Waals surface area (Å²) in [6.07, 6.45) is 2.12. The minimum absolute atomic E-state index is 0.0436. The minimum Gasteiger partial charge on any atom is -0.352 e. The van der Waals surface area contributed by atoms with Crippen LogP contribution in [0, 0.1) is 20.8 Å². The first-order chi connectivity index (χ1) is 19.9. The van der Waals surface area contributed by atoms with Crippen LogP contribution in [0.5, 0.6) is 0 Å². The molecule has 2 atom stereocenters. The van der Waals surface area contributed by atoms with E-state index >= 15 is 0 Å². The van der Waals surface area contributed by atoms with Crippen molar-refractivity contribution in [2.75, 3.05) is 11.9 Å². The van der Waals surface area contributed by atoms with E-state index in [0.717, 1.165) is 39.6 Å². The van der Waals surface area contributed by atoms with Gasteiger partial charge in [-0.3, -0.25) is 9.78 Å². The molecular weight excluding hydrogens is 526 g/mol. The Morgan fingerprint density at radius 1 is 0.951 bits per heavy atom. The van der Waals surface area contributed by atoms with Crippen molar-refractivity contribution in [3.05, 3.63) is 125 Å². The van der Waals surface area contributed by atoms with Gasteiger partial charge >= 0.3 is 0 Å². The molecule has 2 aromatic heterocycles. The number of amides is 1. The predicted octanol–water partition coefficient (Wildman–Crippen LogP) is 6.95. The molecule has 206 valence electrons. The van der Waals surface area contributed by atoms with Crippen molar-refractivity contribution in [3.8, 4) is 5.69 Å². The van der Waals surface area contributed by atoms with Crippen LogP contribution >= 0.6 is 12.2 Å². The lowest BCUT2D eigenvalue weighted by molar-refractivity contribution is -0.116. The molecule has 0 unspecified atom stereocenters.